The maximum Gasteiger partial charge on any atom is 0.126 e. The summed E-state index contributed by atoms with van der Waals surface area (Å²) in [5, 5.41) is 0. The van der Waals surface area contributed by atoms with E-state index in [9.17, 15) is 0 Å². The zero-order valence-corrected chi connectivity index (χ0v) is 14.8. The molecular weight excluding hydrogens is 284 g/mol. The summed E-state index contributed by atoms with van der Waals surface area (Å²) in [6.45, 7) is 11.0. The van der Waals surface area contributed by atoms with E-state index in [1.54, 1.807) is 0 Å². The van der Waals surface area contributed by atoms with Gasteiger partial charge >= 0.3 is 0 Å². The van der Waals surface area contributed by atoms with Gasteiger partial charge in [-0.25, -0.2) is 4.98 Å². The van der Waals surface area contributed by atoms with E-state index in [0.29, 0.717) is 5.92 Å². The second-order valence-electron chi connectivity index (χ2n) is 7.22. The lowest BCUT2D eigenvalue weighted by molar-refractivity contribution is 0.220. The van der Waals surface area contributed by atoms with Gasteiger partial charge in [0.05, 0.1) is 17.1 Å². The molecule has 23 heavy (non-hydrogen) atoms. The summed E-state index contributed by atoms with van der Waals surface area (Å²) in [6, 6.07) is 6.64. The van der Waals surface area contributed by atoms with E-state index in [1.807, 2.05) is 6.92 Å². The summed E-state index contributed by atoms with van der Waals surface area (Å²) in [4.78, 5) is 7.41. The van der Waals surface area contributed by atoms with Crippen LogP contribution in [0.15, 0.2) is 18.2 Å². The predicted molar refractivity (Wildman–Crippen MR) is 96.7 cm³/mol. The minimum absolute atomic E-state index is 0.0359. The molecule has 1 aromatic carbocycles. The van der Waals surface area contributed by atoms with E-state index in [4.69, 9.17) is 10.7 Å². The zero-order valence-electron chi connectivity index (χ0n) is 14.8. The molecule has 1 aliphatic rings. The number of aromatic nitrogens is 2. The average molecular weight is 314 g/mol. The first kappa shape index (κ1) is 16.5. The van der Waals surface area contributed by atoms with Crippen LogP contribution in [-0.2, 0) is 6.54 Å². The molecule has 3 rings (SSSR count). The van der Waals surface area contributed by atoms with Crippen molar-refractivity contribution in [1.29, 1.82) is 0 Å². The normalized spacial score (nSPS) is 18.0. The Morgan fingerprint density at radius 2 is 1.83 bits per heavy atom. The Balaban J connectivity index is 1.88. The first-order valence-electron chi connectivity index (χ1n) is 9.04. The molecule has 2 aromatic rings. The third kappa shape index (κ3) is 3.59. The molecule has 126 valence electrons. The third-order valence-electron chi connectivity index (χ3n) is 4.96. The lowest BCUT2D eigenvalue weighted by Gasteiger charge is -2.27. The van der Waals surface area contributed by atoms with Crippen LogP contribution >= 0.6 is 0 Å². The molecule has 0 radical (unpaired) electrons. The molecule has 1 aromatic heterocycles. The molecule has 0 aliphatic carbocycles. The Hall–Kier alpha value is -1.39. The summed E-state index contributed by atoms with van der Waals surface area (Å²) in [6.07, 6.45) is 4.05. The van der Waals surface area contributed by atoms with Crippen molar-refractivity contribution in [2.24, 2.45) is 5.73 Å². The van der Waals surface area contributed by atoms with Gasteiger partial charge in [-0.2, -0.15) is 0 Å². The number of rotatable bonds is 5. The molecule has 4 nitrogen and oxygen atoms in total. The van der Waals surface area contributed by atoms with Gasteiger partial charge in [0.2, 0.25) is 0 Å². The highest BCUT2D eigenvalue weighted by molar-refractivity contribution is 5.77. The number of imidazole rings is 1. The first-order chi connectivity index (χ1) is 11.1. The van der Waals surface area contributed by atoms with Crippen molar-refractivity contribution in [2.45, 2.75) is 58.5 Å². The highest BCUT2D eigenvalue weighted by Gasteiger charge is 2.16. The molecule has 1 aliphatic heterocycles. The van der Waals surface area contributed by atoms with E-state index in [2.05, 4.69) is 41.5 Å². The van der Waals surface area contributed by atoms with Crippen LogP contribution in [0.4, 0.5) is 0 Å². The fraction of sp³-hybridized carbons (Fsp3) is 0.632. The number of piperidine rings is 1. The van der Waals surface area contributed by atoms with Crippen molar-refractivity contribution in [3.05, 3.63) is 29.6 Å². The maximum absolute atomic E-state index is 6.19. The molecule has 1 saturated heterocycles. The summed E-state index contributed by atoms with van der Waals surface area (Å²) in [7, 11) is 0. The van der Waals surface area contributed by atoms with E-state index in [0.717, 1.165) is 24.4 Å². The van der Waals surface area contributed by atoms with Gasteiger partial charge in [-0.3, -0.25) is 0 Å². The SMILES string of the molecule is CC(C)c1ccc2c(c1)nc(C(C)N)n2CCN1CCCCC1. The Morgan fingerprint density at radius 3 is 2.48 bits per heavy atom. The van der Waals surface area contributed by atoms with Crippen LogP contribution in [0.1, 0.15) is 63.4 Å². The molecule has 4 heteroatoms. The van der Waals surface area contributed by atoms with E-state index in [-0.39, 0.29) is 6.04 Å². The summed E-state index contributed by atoms with van der Waals surface area (Å²) >= 11 is 0. The molecule has 0 amide bonds. The van der Waals surface area contributed by atoms with Crippen LogP contribution in [0.25, 0.3) is 11.0 Å². The molecule has 0 spiro atoms. The lowest BCUT2D eigenvalue weighted by atomic mass is 10.0. The van der Waals surface area contributed by atoms with Gasteiger partial charge < -0.3 is 15.2 Å². The molecular formula is C19H30N4. The van der Waals surface area contributed by atoms with Crippen LogP contribution < -0.4 is 5.73 Å². The van der Waals surface area contributed by atoms with Crippen LogP contribution in [-0.4, -0.2) is 34.1 Å². The van der Waals surface area contributed by atoms with E-state index < -0.39 is 0 Å². The van der Waals surface area contributed by atoms with Crippen molar-refractivity contribution in [2.75, 3.05) is 19.6 Å². The van der Waals surface area contributed by atoms with Crippen molar-refractivity contribution in [3.63, 3.8) is 0 Å². The standard InChI is InChI=1S/C19H30N4/c1-14(2)16-7-8-18-17(13-16)21-19(15(3)20)23(18)12-11-22-9-5-4-6-10-22/h7-8,13-15H,4-6,9-12,20H2,1-3H3. The fourth-order valence-electron chi connectivity index (χ4n) is 3.53. The predicted octanol–water partition coefficient (Wildman–Crippen LogP) is 3.67. The largest absolute Gasteiger partial charge is 0.325 e. The molecule has 0 bridgehead atoms. The van der Waals surface area contributed by atoms with Gasteiger partial charge in [0, 0.05) is 13.1 Å². The van der Waals surface area contributed by atoms with Crippen LogP contribution in [0.5, 0.6) is 0 Å². The topological polar surface area (TPSA) is 47.1 Å². The van der Waals surface area contributed by atoms with Gasteiger partial charge in [0.25, 0.3) is 0 Å². The van der Waals surface area contributed by atoms with Gasteiger partial charge in [-0.05, 0) is 56.5 Å². The van der Waals surface area contributed by atoms with Gasteiger partial charge in [-0.1, -0.05) is 26.3 Å². The van der Waals surface area contributed by atoms with Crippen LogP contribution in [0, 0.1) is 0 Å². The fourth-order valence-corrected chi connectivity index (χ4v) is 3.53. The van der Waals surface area contributed by atoms with E-state index in [1.165, 1.54) is 43.4 Å². The number of hydrogen-bond donors (Lipinski definition) is 1. The molecule has 2 N–H and O–H groups in total. The number of nitrogens with zero attached hydrogens (tertiary/aromatic N) is 3. The van der Waals surface area contributed by atoms with Crippen molar-refractivity contribution in [1.82, 2.24) is 14.5 Å². The minimum atomic E-state index is -0.0359. The molecule has 1 unspecified atom stereocenters. The summed E-state index contributed by atoms with van der Waals surface area (Å²) in [5.41, 5.74) is 9.84. The zero-order chi connectivity index (χ0) is 16.4. The Morgan fingerprint density at radius 1 is 1.09 bits per heavy atom. The van der Waals surface area contributed by atoms with Gasteiger partial charge in [-0.15, -0.1) is 0 Å². The number of fused-ring (bicyclic) bond motifs is 1. The molecule has 0 saturated carbocycles. The molecule has 1 fully saturated rings. The Labute approximate surface area is 139 Å². The highest BCUT2D eigenvalue weighted by Crippen LogP contribution is 2.24. The smallest absolute Gasteiger partial charge is 0.126 e. The number of likely N-dealkylation sites (tertiary alicyclic amines) is 1. The van der Waals surface area contributed by atoms with Crippen LogP contribution in [0.3, 0.4) is 0 Å². The third-order valence-corrected chi connectivity index (χ3v) is 4.96. The van der Waals surface area contributed by atoms with Gasteiger partial charge in [0.1, 0.15) is 5.82 Å². The number of hydrogen-bond acceptors (Lipinski definition) is 3. The van der Waals surface area contributed by atoms with Crippen molar-refractivity contribution in [3.8, 4) is 0 Å². The Bertz CT molecular complexity index is 651. The number of benzene rings is 1. The summed E-state index contributed by atoms with van der Waals surface area (Å²) < 4.78 is 2.33. The molecule has 2 heterocycles. The minimum Gasteiger partial charge on any atom is -0.325 e. The Kier molecular flexibility index (Phi) is 5.02. The maximum atomic E-state index is 6.19. The van der Waals surface area contributed by atoms with Crippen LogP contribution in [0.2, 0.25) is 0 Å². The average Bonchev–Trinajstić information content (AvgIpc) is 2.92. The molecule has 1 atom stereocenters. The van der Waals surface area contributed by atoms with Crippen molar-refractivity contribution < 1.29 is 0 Å². The van der Waals surface area contributed by atoms with E-state index >= 15 is 0 Å². The quantitative estimate of drug-likeness (QED) is 0.916. The summed E-state index contributed by atoms with van der Waals surface area (Å²) in [5.74, 6) is 1.54. The number of nitrogens with two attached hydrogens (primary N) is 1. The van der Waals surface area contributed by atoms with Crippen molar-refractivity contribution >= 4 is 11.0 Å². The van der Waals surface area contributed by atoms with Gasteiger partial charge in [0.15, 0.2) is 0 Å². The highest BCUT2D eigenvalue weighted by atomic mass is 15.2. The second kappa shape index (κ2) is 7.02. The second-order valence-corrected chi connectivity index (χ2v) is 7.22. The lowest BCUT2D eigenvalue weighted by Crippen LogP contribution is -2.33. The monoisotopic (exact) mass is 314 g/mol. The first-order valence-corrected chi connectivity index (χ1v) is 9.04.